The molecule has 0 radical (unpaired) electrons. The Hall–Kier alpha value is -2.55. The fourth-order valence-electron chi connectivity index (χ4n) is 3.29. The van der Waals surface area contributed by atoms with Crippen LogP contribution in [0.3, 0.4) is 0 Å². The van der Waals surface area contributed by atoms with Crippen LogP contribution >= 0.6 is 0 Å². The molecular weight excluding hydrogens is 292 g/mol. The zero-order valence-corrected chi connectivity index (χ0v) is 13.6. The molecule has 6 heteroatoms. The van der Waals surface area contributed by atoms with Gasteiger partial charge in [-0.1, -0.05) is 13.8 Å². The van der Waals surface area contributed by atoms with E-state index < -0.39 is 5.92 Å². The van der Waals surface area contributed by atoms with Gasteiger partial charge >= 0.3 is 0 Å². The van der Waals surface area contributed by atoms with Crippen molar-refractivity contribution in [3.05, 3.63) is 40.7 Å². The molecule has 0 spiro atoms. The fraction of sp³-hybridized carbons (Fsp3) is 0.471. The van der Waals surface area contributed by atoms with Crippen molar-refractivity contribution in [1.82, 2.24) is 9.78 Å². The van der Waals surface area contributed by atoms with E-state index >= 15 is 0 Å². The third-order valence-corrected chi connectivity index (χ3v) is 4.36. The van der Waals surface area contributed by atoms with Gasteiger partial charge < -0.3 is 10.5 Å². The van der Waals surface area contributed by atoms with E-state index in [0.717, 1.165) is 6.54 Å². The standard InChI is InChI=1S/C17H20N4O2/c1-4-21-6-5-11(20-21)14-10(9-18)16(19)23-13-8-17(2,3)7-12(22)15(13)14/h5-6,14H,4,7-8,19H2,1-3H3/t14-/m0/s1. The summed E-state index contributed by atoms with van der Waals surface area (Å²) in [5.74, 6) is 0.138. The number of ketones is 1. The third kappa shape index (κ3) is 2.52. The first kappa shape index (κ1) is 15.3. The lowest BCUT2D eigenvalue weighted by atomic mass is 9.71. The third-order valence-electron chi connectivity index (χ3n) is 4.36. The Kier molecular flexibility index (Phi) is 3.52. The number of hydrogen-bond donors (Lipinski definition) is 1. The van der Waals surface area contributed by atoms with Gasteiger partial charge in [-0.2, -0.15) is 10.4 Å². The molecule has 2 N–H and O–H groups in total. The number of nitriles is 1. The second kappa shape index (κ2) is 5.27. The van der Waals surface area contributed by atoms with Crippen molar-refractivity contribution < 1.29 is 9.53 Å². The number of aromatic nitrogens is 2. The number of nitrogens with zero attached hydrogens (tertiary/aromatic N) is 3. The number of carbonyl (C=O) groups is 1. The maximum Gasteiger partial charge on any atom is 0.205 e. The average molecular weight is 312 g/mol. The van der Waals surface area contributed by atoms with Gasteiger partial charge in [0.05, 0.1) is 11.6 Å². The van der Waals surface area contributed by atoms with Gasteiger partial charge in [0.2, 0.25) is 5.88 Å². The zero-order chi connectivity index (χ0) is 16.8. The molecule has 1 aromatic rings. The van der Waals surface area contributed by atoms with Crippen LogP contribution in [0.25, 0.3) is 0 Å². The number of aryl methyl sites for hydroxylation is 1. The summed E-state index contributed by atoms with van der Waals surface area (Å²) in [6.07, 6.45) is 2.89. The Morgan fingerprint density at radius 3 is 2.87 bits per heavy atom. The smallest absolute Gasteiger partial charge is 0.205 e. The fourth-order valence-corrected chi connectivity index (χ4v) is 3.29. The van der Waals surface area contributed by atoms with Crippen LogP contribution in [0.4, 0.5) is 0 Å². The highest BCUT2D eigenvalue weighted by Gasteiger charge is 2.43. The Balaban J connectivity index is 2.15. The summed E-state index contributed by atoms with van der Waals surface area (Å²) in [4.78, 5) is 12.7. The summed E-state index contributed by atoms with van der Waals surface area (Å²) in [5.41, 5.74) is 7.24. The van der Waals surface area contributed by atoms with Crippen LogP contribution in [-0.2, 0) is 16.1 Å². The summed E-state index contributed by atoms with van der Waals surface area (Å²) in [6.45, 7) is 6.75. The predicted molar refractivity (Wildman–Crippen MR) is 83.6 cm³/mol. The van der Waals surface area contributed by atoms with E-state index in [-0.39, 0.29) is 22.7 Å². The maximum atomic E-state index is 12.7. The number of allylic oxidation sites excluding steroid dienone is 3. The molecule has 3 rings (SSSR count). The SMILES string of the molecule is CCn1ccc([C@@H]2C(C#N)=C(N)OC3=C2C(=O)CC(C)(C)C3)n1. The van der Waals surface area contributed by atoms with Crippen molar-refractivity contribution in [3.63, 3.8) is 0 Å². The molecule has 0 saturated heterocycles. The molecule has 2 aliphatic rings. The van der Waals surface area contributed by atoms with Crippen LogP contribution in [0.2, 0.25) is 0 Å². The van der Waals surface area contributed by atoms with Crippen molar-refractivity contribution in [2.45, 2.75) is 46.1 Å². The van der Waals surface area contributed by atoms with E-state index in [1.165, 1.54) is 0 Å². The molecule has 0 amide bonds. The number of nitrogens with two attached hydrogens (primary N) is 1. The highest BCUT2D eigenvalue weighted by Crippen LogP contribution is 2.47. The largest absolute Gasteiger partial charge is 0.444 e. The summed E-state index contributed by atoms with van der Waals surface area (Å²) in [7, 11) is 0. The lowest BCUT2D eigenvalue weighted by Crippen LogP contribution is -2.33. The first-order valence-electron chi connectivity index (χ1n) is 7.73. The van der Waals surface area contributed by atoms with Crippen LogP contribution in [0.5, 0.6) is 0 Å². The van der Waals surface area contributed by atoms with Crippen molar-refractivity contribution >= 4 is 5.78 Å². The van der Waals surface area contributed by atoms with E-state index in [1.54, 1.807) is 4.68 Å². The van der Waals surface area contributed by atoms with Crippen molar-refractivity contribution in [3.8, 4) is 6.07 Å². The number of hydrogen-bond acceptors (Lipinski definition) is 5. The molecule has 0 fully saturated rings. The predicted octanol–water partition coefficient (Wildman–Crippen LogP) is 2.35. The molecule has 0 saturated carbocycles. The summed E-state index contributed by atoms with van der Waals surface area (Å²) < 4.78 is 7.42. The molecule has 2 heterocycles. The van der Waals surface area contributed by atoms with Gasteiger partial charge in [-0.25, -0.2) is 0 Å². The van der Waals surface area contributed by atoms with Gasteiger partial charge in [-0.05, 0) is 18.4 Å². The monoisotopic (exact) mass is 312 g/mol. The number of Topliss-reactive ketones (excluding diaryl/α,β-unsaturated/α-hetero) is 1. The van der Waals surface area contributed by atoms with Crippen LogP contribution in [0.15, 0.2) is 35.1 Å². The molecule has 0 aromatic carbocycles. The van der Waals surface area contributed by atoms with Crippen LogP contribution in [0.1, 0.15) is 45.2 Å². The summed E-state index contributed by atoms with van der Waals surface area (Å²) in [6, 6.07) is 3.93. The molecule has 1 aliphatic heterocycles. The molecule has 23 heavy (non-hydrogen) atoms. The van der Waals surface area contributed by atoms with Crippen molar-refractivity contribution in [2.75, 3.05) is 0 Å². The van der Waals surface area contributed by atoms with E-state index in [2.05, 4.69) is 11.2 Å². The Morgan fingerprint density at radius 1 is 1.52 bits per heavy atom. The van der Waals surface area contributed by atoms with Crippen LogP contribution in [0, 0.1) is 16.7 Å². The Morgan fingerprint density at radius 2 is 2.26 bits per heavy atom. The maximum absolute atomic E-state index is 12.7. The molecule has 120 valence electrons. The molecule has 1 aromatic heterocycles. The topological polar surface area (TPSA) is 93.9 Å². The van der Waals surface area contributed by atoms with E-state index in [0.29, 0.717) is 29.9 Å². The van der Waals surface area contributed by atoms with Gasteiger partial charge in [0, 0.05) is 31.2 Å². The zero-order valence-electron chi connectivity index (χ0n) is 13.6. The highest BCUT2D eigenvalue weighted by molar-refractivity contribution is 5.99. The minimum absolute atomic E-state index is 0.00699. The van der Waals surface area contributed by atoms with Gasteiger partial charge in [0.1, 0.15) is 17.4 Å². The lowest BCUT2D eigenvalue weighted by molar-refractivity contribution is -0.119. The Bertz CT molecular complexity index is 777. The molecule has 1 aliphatic carbocycles. The second-order valence-corrected chi connectivity index (χ2v) is 6.80. The van der Waals surface area contributed by atoms with E-state index in [1.807, 2.05) is 33.0 Å². The normalized spacial score (nSPS) is 23.4. The number of ether oxygens (including phenoxy) is 1. The quantitative estimate of drug-likeness (QED) is 0.904. The minimum atomic E-state index is -0.528. The van der Waals surface area contributed by atoms with Gasteiger partial charge in [-0.3, -0.25) is 9.48 Å². The van der Waals surface area contributed by atoms with Crippen molar-refractivity contribution in [1.29, 1.82) is 5.26 Å². The molecular formula is C17H20N4O2. The highest BCUT2D eigenvalue weighted by atomic mass is 16.5. The minimum Gasteiger partial charge on any atom is -0.444 e. The number of carbonyl (C=O) groups excluding carboxylic acids is 1. The first-order chi connectivity index (χ1) is 10.9. The Labute approximate surface area is 135 Å². The molecule has 1 atom stereocenters. The van der Waals surface area contributed by atoms with E-state index in [4.69, 9.17) is 10.5 Å². The van der Waals surface area contributed by atoms with E-state index in [9.17, 15) is 10.1 Å². The van der Waals surface area contributed by atoms with Gasteiger partial charge in [-0.15, -0.1) is 0 Å². The van der Waals surface area contributed by atoms with Gasteiger partial charge in [0.15, 0.2) is 5.78 Å². The molecule has 6 nitrogen and oxygen atoms in total. The average Bonchev–Trinajstić information content (AvgIpc) is 2.93. The number of rotatable bonds is 2. The van der Waals surface area contributed by atoms with Crippen molar-refractivity contribution in [2.24, 2.45) is 11.1 Å². The molecule has 0 unspecified atom stereocenters. The van der Waals surface area contributed by atoms with Gasteiger partial charge in [0.25, 0.3) is 0 Å². The second-order valence-electron chi connectivity index (χ2n) is 6.80. The summed E-state index contributed by atoms with van der Waals surface area (Å²) in [5, 5.41) is 14.0. The molecule has 0 bridgehead atoms. The summed E-state index contributed by atoms with van der Waals surface area (Å²) >= 11 is 0. The lowest BCUT2D eigenvalue weighted by Gasteiger charge is -2.36. The van der Waals surface area contributed by atoms with Crippen LogP contribution in [-0.4, -0.2) is 15.6 Å². The first-order valence-corrected chi connectivity index (χ1v) is 7.73. The van der Waals surface area contributed by atoms with Crippen LogP contribution < -0.4 is 5.73 Å².